The average molecular weight is 297 g/mol. The molecule has 4 nitrogen and oxygen atoms in total. The highest BCUT2D eigenvalue weighted by Crippen LogP contribution is 2.40. The summed E-state index contributed by atoms with van der Waals surface area (Å²) in [5.74, 6) is 0.330. The molecule has 0 spiro atoms. The minimum Gasteiger partial charge on any atom is -0.486 e. The second-order valence-electron chi connectivity index (χ2n) is 4.41. The quantitative estimate of drug-likeness (QED) is 0.810. The highest BCUT2D eigenvalue weighted by atomic mass is 35.5. The third kappa shape index (κ3) is 2.01. The van der Waals surface area contributed by atoms with Crippen LogP contribution in [0.3, 0.4) is 0 Å². The number of benzene rings is 1. The molecule has 0 saturated carbocycles. The molecule has 98 valence electrons. The Bertz CT molecular complexity index is 640. The van der Waals surface area contributed by atoms with E-state index in [2.05, 4.69) is 4.98 Å². The van der Waals surface area contributed by atoms with Crippen LogP contribution in [0, 0.1) is 0 Å². The van der Waals surface area contributed by atoms with Crippen LogP contribution in [0.2, 0.25) is 10.0 Å². The van der Waals surface area contributed by atoms with Gasteiger partial charge in [-0.25, -0.2) is 4.98 Å². The van der Waals surface area contributed by atoms with Crippen molar-refractivity contribution >= 4 is 29.0 Å². The fraction of sp³-hybridized carbons (Fsp3) is 0.231. The van der Waals surface area contributed by atoms with Crippen LogP contribution >= 0.6 is 23.2 Å². The van der Waals surface area contributed by atoms with Gasteiger partial charge in [0.05, 0.1) is 16.9 Å². The van der Waals surface area contributed by atoms with Crippen molar-refractivity contribution in [1.29, 1.82) is 0 Å². The predicted molar refractivity (Wildman–Crippen MR) is 72.1 cm³/mol. The number of aromatic nitrogens is 2. The van der Waals surface area contributed by atoms with Gasteiger partial charge in [-0.05, 0) is 19.1 Å². The number of carbonyl (C=O) groups excluding carboxylic acids is 1. The van der Waals surface area contributed by atoms with E-state index in [0.29, 0.717) is 21.4 Å². The van der Waals surface area contributed by atoms with Crippen molar-refractivity contribution in [1.82, 2.24) is 9.55 Å². The third-order valence-electron chi connectivity index (χ3n) is 3.14. The van der Waals surface area contributed by atoms with E-state index in [-0.39, 0.29) is 11.9 Å². The standard InChI is InChI=1S/C13H10Cl2N2O2/c1-7-11(17-3-2-16-6-17)12(18)9-4-8(14)5-10(15)13(9)19-7/h2-7,11H,1H3. The van der Waals surface area contributed by atoms with E-state index in [1.54, 1.807) is 35.4 Å². The molecule has 2 heterocycles. The van der Waals surface area contributed by atoms with Crippen molar-refractivity contribution in [2.45, 2.75) is 19.1 Å². The SMILES string of the molecule is CC1Oc2c(Cl)cc(Cl)cc2C(=O)C1n1ccnc1. The Balaban J connectivity index is 2.12. The van der Waals surface area contributed by atoms with Gasteiger partial charge in [0.2, 0.25) is 0 Å². The Morgan fingerprint density at radius 3 is 2.84 bits per heavy atom. The number of hydrogen-bond donors (Lipinski definition) is 0. The molecule has 2 atom stereocenters. The molecule has 1 aromatic carbocycles. The summed E-state index contributed by atoms with van der Waals surface area (Å²) >= 11 is 12.0. The van der Waals surface area contributed by atoms with Gasteiger partial charge in [-0.2, -0.15) is 0 Å². The molecule has 0 bridgehead atoms. The predicted octanol–water partition coefficient (Wildman–Crippen LogP) is 3.39. The first-order valence-corrected chi connectivity index (χ1v) is 6.51. The number of ketones is 1. The van der Waals surface area contributed by atoms with Crippen molar-refractivity contribution in [3.63, 3.8) is 0 Å². The molecule has 2 aromatic rings. The van der Waals surface area contributed by atoms with Crippen LogP contribution in [0.1, 0.15) is 23.3 Å². The van der Waals surface area contributed by atoms with Gasteiger partial charge in [0, 0.05) is 17.4 Å². The monoisotopic (exact) mass is 296 g/mol. The highest BCUT2D eigenvalue weighted by molar-refractivity contribution is 6.36. The lowest BCUT2D eigenvalue weighted by molar-refractivity contribution is 0.0718. The molecule has 0 amide bonds. The molecule has 0 fully saturated rings. The van der Waals surface area contributed by atoms with E-state index in [1.165, 1.54) is 0 Å². The fourth-order valence-electron chi connectivity index (χ4n) is 2.30. The molecule has 0 radical (unpaired) electrons. The maximum absolute atomic E-state index is 12.6. The van der Waals surface area contributed by atoms with Crippen molar-refractivity contribution in [2.75, 3.05) is 0 Å². The molecule has 6 heteroatoms. The maximum atomic E-state index is 12.6. The van der Waals surface area contributed by atoms with Crippen LogP contribution in [0.25, 0.3) is 0 Å². The molecule has 1 aromatic heterocycles. The first-order valence-electron chi connectivity index (χ1n) is 5.75. The number of halogens is 2. The van der Waals surface area contributed by atoms with Gasteiger partial charge in [0.25, 0.3) is 0 Å². The number of hydrogen-bond acceptors (Lipinski definition) is 3. The lowest BCUT2D eigenvalue weighted by atomic mass is 9.96. The first kappa shape index (κ1) is 12.5. The van der Waals surface area contributed by atoms with Crippen molar-refractivity contribution < 1.29 is 9.53 Å². The lowest BCUT2D eigenvalue weighted by Crippen LogP contribution is -2.37. The van der Waals surface area contributed by atoms with Crippen molar-refractivity contribution in [3.05, 3.63) is 46.5 Å². The molecule has 2 unspecified atom stereocenters. The fourth-order valence-corrected chi connectivity index (χ4v) is 2.84. The lowest BCUT2D eigenvalue weighted by Gasteiger charge is -2.31. The molecule has 1 aliphatic heterocycles. The number of carbonyl (C=O) groups is 1. The Labute approximate surface area is 119 Å². The molecule has 0 N–H and O–H groups in total. The number of fused-ring (bicyclic) bond motifs is 1. The summed E-state index contributed by atoms with van der Waals surface area (Å²) in [5.41, 5.74) is 0.411. The minimum absolute atomic E-state index is 0.0730. The zero-order valence-electron chi connectivity index (χ0n) is 10.0. The molecule has 0 aliphatic carbocycles. The zero-order valence-corrected chi connectivity index (χ0v) is 11.5. The maximum Gasteiger partial charge on any atom is 0.193 e. The molecule has 0 saturated heterocycles. The Hall–Kier alpha value is -1.52. The minimum atomic E-state index is -0.454. The molecule has 1 aliphatic rings. The number of imidazole rings is 1. The van der Waals surface area contributed by atoms with Gasteiger partial charge >= 0.3 is 0 Å². The van der Waals surface area contributed by atoms with E-state index in [0.717, 1.165) is 0 Å². The van der Waals surface area contributed by atoms with Gasteiger partial charge in [-0.3, -0.25) is 4.79 Å². The number of Topliss-reactive ketones (excluding diaryl/α,β-unsaturated/α-hetero) is 1. The summed E-state index contributed by atoms with van der Waals surface area (Å²) < 4.78 is 7.49. The van der Waals surface area contributed by atoms with Crippen LogP contribution in [-0.4, -0.2) is 21.4 Å². The summed E-state index contributed by atoms with van der Waals surface area (Å²) in [6.45, 7) is 1.83. The molecular weight excluding hydrogens is 287 g/mol. The van der Waals surface area contributed by atoms with Crippen molar-refractivity contribution in [2.24, 2.45) is 0 Å². The summed E-state index contributed by atoms with van der Waals surface area (Å²) in [5, 5.41) is 0.770. The topological polar surface area (TPSA) is 44.1 Å². The van der Waals surface area contributed by atoms with Gasteiger partial charge < -0.3 is 9.30 Å². The zero-order chi connectivity index (χ0) is 13.6. The first-order chi connectivity index (χ1) is 9.08. The van der Waals surface area contributed by atoms with Crippen LogP contribution in [0.15, 0.2) is 30.9 Å². The van der Waals surface area contributed by atoms with Crippen LogP contribution in [0.5, 0.6) is 5.75 Å². The molecule has 3 rings (SSSR count). The van der Waals surface area contributed by atoms with Gasteiger partial charge in [0.15, 0.2) is 5.78 Å². The number of rotatable bonds is 1. The number of nitrogens with zero attached hydrogens (tertiary/aromatic N) is 2. The molecule has 19 heavy (non-hydrogen) atoms. The van der Waals surface area contributed by atoms with E-state index in [1.807, 2.05) is 6.92 Å². The smallest absolute Gasteiger partial charge is 0.193 e. The summed E-state index contributed by atoms with van der Waals surface area (Å²) in [6, 6.07) is 2.70. The molecular formula is C13H10Cl2N2O2. The Morgan fingerprint density at radius 2 is 2.16 bits per heavy atom. The second-order valence-corrected chi connectivity index (χ2v) is 5.25. The number of ether oxygens (including phenoxy) is 1. The van der Waals surface area contributed by atoms with Crippen LogP contribution < -0.4 is 4.74 Å². The van der Waals surface area contributed by atoms with E-state index in [9.17, 15) is 4.79 Å². The average Bonchev–Trinajstić information content (AvgIpc) is 2.85. The normalized spacial score (nSPS) is 21.9. The largest absolute Gasteiger partial charge is 0.486 e. The van der Waals surface area contributed by atoms with Gasteiger partial charge in [0.1, 0.15) is 17.9 Å². The summed E-state index contributed by atoms with van der Waals surface area (Å²) in [7, 11) is 0. The van der Waals surface area contributed by atoms with Gasteiger partial charge in [-0.1, -0.05) is 23.2 Å². The van der Waals surface area contributed by atoms with Crippen LogP contribution in [0.4, 0.5) is 0 Å². The van der Waals surface area contributed by atoms with E-state index >= 15 is 0 Å². The Morgan fingerprint density at radius 1 is 1.37 bits per heavy atom. The third-order valence-corrected chi connectivity index (χ3v) is 3.64. The summed E-state index contributed by atoms with van der Waals surface area (Å²) in [4.78, 5) is 16.5. The highest BCUT2D eigenvalue weighted by Gasteiger charge is 2.37. The van der Waals surface area contributed by atoms with Crippen molar-refractivity contribution in [3.8, 4) is 5.75 Å². The van der Waals surface area contributed by atoms with E-state index in [4.69, 9.17) is 27.9 Å². The Kier molecular flexibility index (Phi) is 2.99. The van der Waals surface area contributed by atoms with E-state index < -0.39 is 6.04 Å². The van der Waals surface area contributed by atoms with Gasteiger partial charge in [-0.15, -0.1) is 0 Å². The summed E-state index contributed by atoms with van der Waals surface area (Å²) in [6.07, 6.45) is 4.63. The second kappa shape index (κ2) is 4.54. The van der Waals surface area contributed by atoms with Crippen LogP contribution in [-0.2, 0) is 0 Å².